The molecule has 1 aliphatic carbocycles. The lowest BCUT2D eigenvalue weighted by atomic mass is 10.0. The fourth-order valence-electron chi connectivity index (χ4n) is 4.11. The van der Waals surface area contributed by atoms with Gasteiger partial charge >= 0.3 is 6.03 Å². The Hall–Kier alpha value is -1.60. The zero-order chi connectivity index (χ0) is 19.8. The Bertz CT molecular complexity index is 638. The van der Waals surface area contributed by atoms with Gasteiger partial charge in [-0.3, -0.25) is 4.79 Å². The van der Waals surface area contributed by atoms with Crippen LogP contribution in [0.15, 0.2) is 28.7 Å². The third-order valence-corrected chi connectivity index (χ3v) is 6.25. The van der Waals surface area contributed by atoms with Crippen molar-refractivity contribution in [1.29, 1.82) is 0 Å². The number of amides is 3. The molecule has 1 saturated heterocycles. The van der Waals surface area contributed by atoms with Gasteiger partial charge in [0, 0.05) is 48.8 Å². The average molecular weight is 451 g/mol. The third-order valence-electron chi connectivity index (χ3n) is 5.72. The van der Waals surface area contributed by atoms with Gasteiger partial charge in [-0.2, -0.15) is 0 Å². The minimum Gasteiger partial charge on any atom is -0.350 e. The number of carbonyl (C=O) groups excluding carboxylic acids is 2. The maximum Gasteiger partial charge on any atom is 0.315 e. The number of carbonyl (C=O) groups is 2. The topological polar surface area (TPSA) is 73.5 Å². The molecular weight excluding hydrogens is 420 g/mol. The number of halogens is 1. The molecule has 154 valence electrons. The van der Waals surface area contributed by atoms with E-state index >= 15 is 0 Å². The summed E-state index contributed by atoms with van der Waals surface area (Å²) < 4.78 is 0.937. The normalized spacial score (nSPS) is 18.8. The molecule has 1 aromatic carbocycles. The first-order valence-electron chi connectivity index (χ1n) is 10.4. The van der Waals surface area contributed by atoms with Crippen molar-refractivity contribution in [2.24, 2.45) is 5.92 Å². The van der Waals surface area contributed by atoms with Gasteiger partial charge < -0.3 is 20.9 Å². The van der Waals surface area contributed by atoms with Crippen LogP contribution < -0.4 is 16.0 Å². The molecule has 7 heteroatoms. The number of hydrogen-bond acceptors (Lipinski definition) is 3. The molecule has 1 heterocycles. The molecule has 2 fully saturated rings. The fourth-order valence-corrected chi connectivity index (χ4v) is 4.37. The highest BCUT2D eigenvalue weighted by molar-refractivity contribution is 9.10. The van der Waals surface area contributed by atoms with Crippen molar-refractivity contribution in [1.82, 2.24) is 20.9 Å². The predicted molar refractivity (Wildman–Crippen MR) is 114 cm³/mol. The molecule has 1 aromatic rings. The lowest BCUT2D eigenvalue weighted by Gasteiger charge is -2.33. The Morgan fingerprint density at radius 1 is 0.964 bits per heavy atom. The molecule has 1 saturated carbocycles. The van der Waals surface area contributed by atoms with E-state index in [0.29, 0.717) is 18.7 Å². The molecule has 28 heavy (non-hydrogen) atoms. The van der Waals surface area contributed by atoms with Gasteiger partial charge in [0.2, 0.25) is 0 Å². The van der Waals surface area contributed by atoms with Crippen LogP contribution in [-0.2, 0) is 0 Å². The Morgan fingerprint density at radius 2 is 1.61 bits per heavy atom. The van der Waals surface area contributed by atoms with Crippen molar-refractivity contribution >= 4 is 27.9 Å². The van der Waals surface area contributed by atoms with Crippen LogP contribution in [0, 0.1) is 5.92 Å². The number of benzene rings is 1. The fraction of sp³-hybridized carbons (Fsp3) is 0.619. The van der Waals surface area contributed by atoms with Crippen LogP contribution in [0.5, 0.6) is 0 Å². The van der Waals surface area contributed by atoms with Gasteiger partial charge in [-0.15, -0.1) is 0 Å². The van der Waals surface area contributed by atoms with Crippen LogP contribution in [0.1, 0.15) is 48.9 Å². The number of likely N-dealkylation sites (tertiary alicyclic amines) is 1. The first-order valence-corrected chi connectivity index (χ1v) is 11.2. The van der Waals surface area contributed by atoms with E-state index in [2.05, 4.69) is 36.8 Å². The third kappa shape index (κ3) is 6.78. The van der Waals surface area contributed by atoms with Crippen LogP contribution >= 0.6 is 15.9 Å². The summed E-state index contributed by atoms with van der Waals surface area (Å²) >= 11 is 3.35. The van der Waals surface area contributed by atoms with Crippen molar-refractivity contribution in [3.63, 3.8) is 0 Å². The van der Waals surface area contributed by atoms with E-state index in [0.717, 1.165) is 36.3 Å². The zero-order valence-electron chi connectivity index (χ0n) is 16.4. The zero-order valence-corrected chi connectivity index (χ0v) is 18.0. The number of nitrogens with zero attached hydrogens (tertiary/aromatic N) is 1. The molecule has 6 nitrogen and oxygen atoms in total. The summed E-state index contributed by atoms with van der Waals surface area (Å²) in [7, 11) is 0. The van der Waals surface area contributed by atoms with Crippen LogP contribution in [0.3, 0.4) is 0 Å². The molecular formula is C21H31BrN4O2. The molecule has 0 bridgehead atoms. The van der Waals surface area contributed by atoms with E-state index in [1.54, 1.807) is 12.1 Å². The molecule has 3 N–H and O–H groups in total. The number of rotatable bonds is 7. The van der Waals surface area contributed by atoms with E-state index < -0.39 is 0 Å². The summed E-state index contributed by atoms with van der Waals surface area (Å²) in [6, 6.07) is 7.29. The van der Waals surface area contributed by atoms with E-state index in [1.807, 2.05) is 12.1 Å². The molecule has 0 spiro atoms. The summed E-state index contributed by atoms with van der Waals surface area (Å²) in [6.07, 6.45) is 7.59. The number of urea groups is 1. The summed E-state index contributed by atoms with van der Waals surface area (Å²) in [4.78, 5) is 26.6. The average Bonchev–Trinajstić information content (AvgIpc) is 3.20. The van der Waals surface area contributed by atoms with Crippen LogP contribution in [-0.4, -0.2) is 55.6 Å². The molecule has 3 rings (SSSR count). The van der Waals surface area contributed by atoms with Crippen molar-refractivity contribution in [2.75, 3.05) is 32.7 Å². The molecule has 0 radical (unpaired) electrons. The van der Waals surface area contributed by atoms with E-state index in [-0.39, 0.29) is 18.0 Å². The van der Waals surface area contributed by atoms with Crippen molar-refractivity contribution in [2.45, 2.75) is 44.6 Å². The highest BCUT2D eigenvalue weighted by Gasteiger charge is 2.24. The monoisotopic (exact) mass is 450 g/mol. The number of nitrogens with one attached hydrogen (secondary N) is 3. The van der Waals surface area contributed by atoms with E-state index in [9.17, 15) is 9.59 Å². The van der Waals surface area contributed by atoms with Crippen LogP contribution in [0.4, 0.5) is 4.79 Å². The molecule has 0 unspecified atom stereocenters. The second kappa shape index (κ2) is 10.8. The molecule has 3 amide bonds. The Kier molecular flexibility index (Phi) is 8.15. The van der Waals surface area contributed by atoms with Gasteiger partial charge in [0.25, 0.3) is 5.91 Å². The summed E-state index contributed by atoms with van der Waals surface area (Å²) in [6.45, 7) is 4.20. The molecule has 0 atom stereocenters. The highest BCUT2D eigenvalue weighted by atomic mass is 79.9. The lowest BCUT2D eigenvalue weighted by molar-refractivity contribution is 0.0953. The second-order valence-corrected chi connectivity index (χ2v) is 8.80. The van der Waals surface area contributed by atoms with Crippen molar-refractivity contribution in [3.8, 4) is 0 Å². The Balaban J connectivity index is 1.25. The number of hydrogen-bond donors (Lipinski definition) is 3. The summed E-state index contributed by atoms with van der Waals surface area (Å²) in [5, 5.41) is 8.71. The smallest absolute Gasteiger partial charge is 0.315 e. The maximum absolute atomic E-state index is 12.1. The van der Waals surface area contributed by atoms with Gasteiger partial charge in [-0.05, 0) is 55.9 Å². The Morgan fingerprint density at radius 3 is 2.29 bits per heavy atom. The summed E-state index contributed by atoms with van der Waals surface area (Å²) in [5.41, 5.74) is 0.608. The standard InChI is InChI=1S/C21H31BrN4O2/c22-18-7-5-17(6-8-18)20(27)23-11-12-24-21(28)25-19-9-13-26(14-10-19)15-16-3-1-2-4-16/h5-8,16,19H,1-4,9-15H2,(H,23,27)(H2,24,25,28). The lowest BCUT2D eigenvalue weighted by Crippen LogP contribution is -2.49. The van der Waals surface area contributed by atoms with Gasteiger partial charge in [-0.1, -0.05) is 28.8 Å². The predicted octanol–water partition coefficient (Wildman–Crippen LogP) is 3.13. The SMILES string of the molecule is O=C(NCCNC(=O)c1ccc(Br)cc1)NC1CCN(CC2CCCC2)CC1. The highest BCUT2D eigenvalue weighted by Crippen LogP contribution is 2.26. The van der Waals surface area contributed by atoms with Crippen molar-refractivity contribution in [3.05, 3.63) is 34.3 Å². The quantitative estimate of drug-likeness (QED) is 0.558. The first kappa shape index (κ1) is 21.1. The largest absolute Gasteiger partial charge is 0.350 e. The minimum atomic E-state index is -0.146. The molecule has 0 aromatic heterocycles. The molecule has 1 aliphatic heterocycles. The maximum atomic E-state index is 12.1. The molecule has 2 aliphatic rings. The first-order chi connectivity index (χ1) is 13.6. The van der Waals surface area contributed by atoms with Crippen LogP contribution in [0.2, 0.25) is 0 Å². The van der Waals surface area contributed by atoms with Gasteiger partial charge in [0.05, 0.1) is 0 Å². The van der Waals surface area contributed by atoms with Crippen LogP contribution in [0.25, 0.3) is 0 Å². The van der Waals surface area contributed by atoms with Crippen molar-refractivity contribution < 1.29 is 9.59 Å². The Labute approximate surface area is 175 Å². The van der Waals surface area contributed by atoms with E-state index in [4.69, 9.17) is 0 Å². The van der Waals surface area contributed by atoms with Gasteiger partial charge in [0.1, 0.15) is 0 Å². The summed E-state index contributed by atoms with van der Waals surface area (Å²) in [5.74, 6) is 0.754. The van der Waals surface area contributed by atoms with E-state index in [1.165, 1.54) is 32.2 Å². The van der Waals surface area contributed by atoms with Gasteiger partial charge in [0.15, 0.2) is 0 Å². The number of piperidine rings is 1. The second-order valence-electron chi connectivity index (χ2n) is 7.89. The minimum absolute atomic E-state index is 0.135. The van der Waals surface area contributed by atoms with Gasteiger partial charge in [-0.25, -0.2) is 4.79 Å².